The Balaban J connectivity index is 1.78. The minimum absolute atomic E-state index is 0.247. The highest BCUT2D eigenvalue weighted by atomic mass is 16.5. The van der Waals surface area contributed by atoms with Crippen LogP contribution in [0.4, 0.5) is 4.79 Å². The van der Waals surface area contributed by atoms with Crippen molar-refractivity contribution in [2.75, 3.05) is 20.8 Å². The quantitative estimate of drug-likeness (QED) is 0.647. The molecule has 0 aliphatic carbocycles. The van der Waals surface area contributed by atoms with E-state index in [4.69, 9.17) is 14.2 Å². The molecule has 2 rings (SSSR count). The van der Waals surface area contributed by atoms with Gasteiger partial charge in [-0.1, -0.05) is 48.2 Å². The van der Waals surface area contributed by atoms with E-state index in [9.17, 15) is 4.79 Å². The van der Waals surface area contributed by atoms with E-state index < -0.39 is 6.09 Å². The Kier molecular flexibility index (Phi) is 7.20. The first-order valence-electron chi connectivity index (χ1n) is 7.89. The number of rotatable bonds is 6. The van der Waals surface area contributed by atoms with Gasteiger partial charge in [0.05, 0.1) is 14.2 Å². The van der Waals surface area contributed by atoms with Gasteiger partial charge >= 0.3 is 6.09 Å². The second-order valence-electron chi connectivity index (χ2n) is 5.08. The summed E-state index contributed by atoms with van der Waals surface area (Å²) in [5, 5.41) is 2.67. The molecule has 25 heavy (non-hydrogen) atoms. The highest BCUT2D eigenvalue weighted by molar-refractivity contribution is 5.67. The first-order chi connectivity index (χ1) is 12.2. The molecule has 1 amide bonds. The number of alkyl carbamates (subject to hydrolysis) is 1. The number of amides is 1. The zero-order valence-electron chi connectivity index (χ0n) is 14.4. The molecule has 1 N–H and O–H groups in total. The van der Waals surface area contributed by atoms with Crippen molar-refractivity contribution in [3.63, 3.8) is 0 Å². The van der Waals surface area contributed by atoms with Gasteiger partial charge in [0.2, 0.25) is 0 Å². The van der Waals surface area contributed by atoms with E-state index in [0.717, 1.165) is 5.56 Å². The molecular weight excluding hydrogens is 318 g/mol. The van der Waals surface area contributed by atoms with Gasteiger partial charge in [-0.05, 0) is 17.7 Å². The van der Waals surface area contributed by atoms with Gasteiger partial charge in [-0.2, -0.15) is 0 Å². The van der Waals surface area contributed by atoms with Crippen LogP contribution in [0.1, 0.15) is 17.5 Å². The van der Waals surface area contributed by atoms with E-state index >= 15 is 0 Å². The minimum atomic E-state index is -0.458. The van der Waals surface area contributed by atoms with Gasteiger partial charge in [0, 0.05) is 13.0 Å². The Morgan fingerprint density at radius 2 is 1.68 bits per heavy atom. The zero-order valence-corrected chi connectivity index (χ0v) is 14.4. The van der Waals surface area contributed by atoms with Crippen molar-refractivity contribution in [3.05, 3.63) is 59.7 Å². The number of nitrogens with one attached hydrogen (secondary N) is 1. The van der Waals surface area contributed by atoms with Crippen LogP contribution in [-0.4, -0.2) is 26.9 Å². The lowest BCUT2D eigenvalue weighted by molar-refractivity contribution is 0.140. The topological polar surface area (TPSA) is 56.8 Å². The van der Waals surface area contributed by atoms with E-state index in [-0.39, 0.29) is 6.61 Å². The average Bonchev–Trinajstić information content (AvgIpc) is 2.66. The van der Waals surface area contributed by atoms with Gasteiger partial charge in [0.15, 0.2) is 0 Å². The number of carbonyl (C=O) groups is 1. The summed E-state index contributed by atoms with van der Waals surface area (Å²) in [4.78, 5) is 11.6. The minimum Gasteiger partial charge on any atom is -0.495 e. The number of ether oxygens (including phenoxy) is 3. The first kappa shape index (κ1) is 18.2. The summed E-state index contributed by atoms with van der Waals surface area (Å²) >= 11 is 0. The maximum absolute atomic E-state index is 11.6. The van der Waals surface area contributed by atoms with Crippen LogP contribution in [0.15, 0.2) is 48.5 Å². The van der Waals surface area contributed by atoms with Crippen molar-refractivity contribution in [3.8, 4) is 23.3 Å². The fraction of sp³-hybridized carbons (Fsp3) is 0.250. The van der Waals surface area contributed by atoms with Crippen LogP contribution in [0.5, 0.6) is 11.5 Å². The molecule has 0 saturated heterocycles. The van der Waals surface area contributed by atoms with Gasteiger partial charge in [-0.25, -0.2) is 4.79 Å². The van der Waals surface area contributed by atoms with E-state index in [1.807, 2.05) is 48.5 Å². The summed E-state index contributed by atoms with van der Waals surface area (Å²) in [6, 6.07) is 15.0. The van der Waals surface area contributed by atoms with Gasteiger partial charge < -0.3 is 19.5 Å². The maximum atomic E-state index is 11.6. The molecule has 2 aromatic rings. The zero-order chi connectivity index (χ0) is 17.9. The second kappa shape index (κ2) is 9.89. The first-order valence-corrected chi connectivity index (χ1v) is 7.89. The molecule has 130 valence electrons. The van der Waals surface area contributed by atoms with Crippen molar-refractivity contribution in [2.45, 2.75) is 13.0 Å². The lowest BCUT2D eigenvalue weighted by Crippen LogP contribution is -2.24. The molecular formula is C20H21NO4. The Morgan fingerprint density at radius 3 is 2.32 bits per heavy atom. The number of benzene rings is 2. The summed E-state index contributed by atoms with van der Waals surface area (Å²) in [6.07, 6.45) is 0.0299. The lowest BCUT2D eigenvalue weighted by Gasteiger charge is -2.07. The third kappa shape index (κ3) is 5.78. The third-order valence-corrected chi connectivity index (χ3v) is 3.37. The van der Waals surface area contributed by atoms with Crippen LogP contribution >= 0.6 is 0 Å². The van der Waals surface area contributed by atoms with E-state index in [0.29, 0.717) is 30.0 Å². The molecule has 0 saturated carbocycles. The van der Waals surface area contributed by atoms with Crippen molar-refractivity contribution >= 4 is 6.09 Å². The van der Waals surface area contributed by atoms with Gasteiger partial charge in [-0.3, -0.25) is 0 Å². The monoisotopic (exact) mass is 339 g/mol. The van der Waals surface area contributed by atoms with Gasteiger partial charge in [0.1, 0.15) is 23.7 Å². The predicted molar refractivity (Wildman–Crippen MR) is 95.7 cm³/mol. The average molecular weight is 339 g/mol. The van der Waals surface area contributed by atoms with Crippen molar-refractivity contribution in [1.29, 1.82) is 0 Å². The molecule has 5 heteroatoms. The molecule has 5 nitrogen and oxygen atoms in total. The molecule has 0 aromatic heterocycles. The summed E-state index contributed by atoms with van der Waals surface area (Å²) in [6.45, 7) is 0.648. The van der Waals surface area contributed by atoms with E-state index in [2.05, 4.69) is 17.2 Å². The van der Waals surface area contributed by atoms with Crippen LogP contribution in [0.3, 0.4) is 0 Å². The molecule has 2 aromatic carbocycles. The van der Waals surface area contributed by atoms with Crippen LogP contribution in [0.25, 0.3) is 0 Å². The Bertz CT molecular complexity index is 725. The predicted octanol–water partition coefficient (Wildman–Crippen LogP) is 3.37. The Hall–Kier alpha value is -3.13. The van der Waals surface area contributed by atoms with Gasteiger partial charge in [-0.15, -0.1) is 0 Å². The molecule has 0 spiro atoms. The number of methoxy groups -OCH3 is 2. The van der Waals surface area contributed by atoms with Crippen LogP contribution in [0, 0.1) is 11.8 Å². The van der Waals surface area contributed by atoms with E-state index in [1.54, 1.807) is 14.2 Å². The van der Waals surface area contributed by atoms with Crippen LogP contribution in [-0.2, 0) is 11.3 Å². The Labute approximate surface area is 147 Å². The maximum Gasteiger partial charge on any atom is 0.407 e. The smallest absolute Gasteiger partial charge is 0.407 e. The summed E-state index contributed by atoms with van der Waals surface area (Å²) in [5.41, 5.74) is 1.64. The molecule has 0 bridgehead atoms. The van der Waals surface area contributed by atoms with Crippen LogP contribution < -0.4 is 14.8 Å². The molecule has 0 unspecified atom stereocenters. The summed E-state index contributed by atoms with van der Waals surface area (Å²) < 4.78 is 15.7. The largest absolute Gasteiger partial charge is 0.495 e. The molecule has 0 atom stereocenters. The SMILES string of the molecule is COc1cccc(OC)c1C#CCCNC(=O)OCc1ccccc1. The molecule has 0 heterocycles. The highest BCUT2D eigenvalue weighted by Crippen LogP contribution is 2.26. The lowest BCUT2D eigenvalue weighted by atomic mass is 10.1. The fourth-order valence-electron chi connectivity index (χ4n) is 2.13. The summed E-state index contributed by atoms with van der Waals surface area (Å²) in [7, 11) is 3.18. The molecule has 0 radical (unpaired) electrons. The second-order valence-corrected chi connectivity index (χ2v) is 5.08. The Morgan fingerprint density at radius 1 is 1.00 bits per heavy atom. The van der Waals surface area contributed by atoms with Crippen molar-refractivity contribution < 1.29 is 19.0 Å². The standard InChI is InChI=1S/C20H21NO4/c1-23-18-12-8-13-19(24-2)17(18)11-6-7-14-21-20(22)25-15-16-9-4-3-5-10-16/h3-5,8-10,12-13H,7,14-15H2,1-2H3,(H,21,22). The van der Waals surface area contributed by atoms with Gasteiger partial charge in [0.25, 0.3) is 0 Å². The normalized spacial score (nSPS) is 9.52. The fourth-order valence-corrected chi connectivity index (χ4v) is 2.13. The molecule has 0 aliphatic rings. The number of carbonyl (C=O) groups excluding carboxylic acids is 1. The van der Waals surface area contributed by atoms with Crippen molar-refractivity contribution in [1.82, 2.24) is 5.32 Å². The molecule has 0 aliphatic heterocycles. The number of hydrogen-bond donors (Lipinski definition) is 1. The molecule has 0 fully saturated rings. The van der Waals surface area contributed by atoms with Crippen molar-refractivity contribution in [2.24, 2.45) is 0 Å². The van der Waals surface area contributed by atoms with E-state index in [1.165, 1.54) is 0 Å². The highest BCUT2D eigenvalue weighted by Gasteiger charge is 2.06. The number of hydrogen-bond acceptors (Lipinski definition) is 4. The third-order valence-electron chi connectivity index (χ3n) is 3.37. The summed E-state index contributed by atoms with van der Waals surface area (Å²) in [5.74, 6) is 7.33. The van der Waals surface area contributed by atoms with Crippen LogP contribution in [0.2, 0.25) is 0 Å².